The summed E-state index contributed by atoms with van der Waals surface area (Å²) in [5.74, 6) is 0. The summed E-state index contributed by atoms with van der Waals surface area (Å²) in [4.78, 5) is 0. The molecule has 90 valence electrons. The van der Waals surface area contributed by atoms with Crippen molar-refractivity contribution in [2.24, 2.45) is 0 Å². The fraction of sp³-hybridized carbons (Fsp3) is 0.111. The Morgan fingerprint density at radius 2 is 1.37 bits per heavy atom. The summed E-state index contributed by atoms with van der Waals surface area (Å²) in [7, 11) is 0. The van der Waals surface area contributed by atoms with Crippen LogP contribution in [0.25, 0.3) is 27.6 Å². The van der Waals surface area contributed by atoms with Crippen molar-refractivity contribution in [3.63, 3.8) is 0 Å². The Morgan fingerprint density at radius 1 is 0.737 bits per heavy atom. The van der Waals surface area contributed by atoms with E-state index in [-0.39, 0.29) is 6.10 Å². The number of hydrogen-bond acceptors (Lipinski definition) is 1. The molecule has 0 spiro atoms. The average Bonchev–Trinajstić information content (AvgIpc) is 3.26. The van der Waals surface area contributed by atoms with Gasteiger partial charge in [0, 0.05) is 0 Å². The first-order chi connectivity index (χ1) is 9.43. The van der Waals surface area contributed by atoms with E-state index in [4.69, 9.17) is 4.74 Å². The molecule has 0 N–H and O–H groups in total. The van der Waals surface area contributed by atoms with Gasteiger partial charge in [0.25, 0.3) is 0 Å². The van der Waals surface area contributed by atoms with Crippen LogP contribution in [-0.2, 0) is 4.74 Å². The predicted octanol–water partition coefficient (Wildman–Crippen LogP) is 4.46. The third-order valence-electron chi connectivity index (χ3n) is 4.28. The molecule has 3 aromatic rings. The normalized spacial score (nSPS) is 23.4. The van der Waals surface area contributed by atoms with E-state index in [0.717, 1.165) is 0 Å². The highest BCUT2D eigenvalue weighted by Gasteiger charge is 2.42. The third kappa shape index (κ3) is 1.18. The van der Waals surface area contributed by atoms with Crippen LogP contribution in [0.2, 0.25) is 0 Å². The lowest BCUT2D eigenvalue weighted by molar-refractivity contribution is 0.396. The molecule has 0 radical (unpaired) electrons. The smallest absolute Gasteiger partial charge is 0.114 e. The van der Waals surface area contributed by atoms with Crippen LogP contribution in [0, 0.1) is 0 Å². The zero-order chi connectivity index (χ0) is 12.4. The Hall–Kier alpha value is -2.12. The number of hydrogen-bond donors (Lipinski definition) is 0. The van der Waals surface area contributed by atoms with Crippen LogP contribution in [0.4, 0.5) is 0 Å². The lowest BCUT2D eigenvalue weighted by Gasteiger charge is -2.15. The molecule has 1 aliphatic carbocycles. The van der Waals surface area contributed by atoms with Crippen molar-refractivity contribution in [2.45, 2.75) is 12.2 Å². The number of benzene rings is 3. The van der Waals surface area contributed by atoms with Crippen molar-refractivity contribution >= 4 is 27.6 Å². The van der Waals surface area contributed by atoms with Gasteiger partial charge in [0.2, 0.25) is 0 Å². The second-order valence-corrected chi connectivity index (χ2v) is 5.30. The molecule has 1 heterocycles. The summed E-state index contributed by atoms with van der Waals surface area (Å²) in [5, 5.41) is 5.34. The SMILES string of the molecule is C1=C[C@@H]2O[C@@H]2c2c1c1ccccc1c1ccccc21. The largest absolute Gasteiger partial charge is 0.360 e. The minimum Gasteiger partial charge on any atom is -0.360 e. The van der Waals surface area contributed by atoms with Gasteiger partial charge in [0.05, 0.1) is 0 Å². The highest BCUT2D eigenvalue weighted by Crippen LogP contribution is 2.50. The van der Waals surface area contributed by atoms with Crippen LogP contribution in [-0.4, -0.2) is 6.10 Å². The van der Waals surface area contributed by atoms with Crippen LogP contribution >= 0.6 is 0 Å². The first kappa shape index (κ1) is 9.76. The van der Waals surface area contributed by atoms with Gasteiger partial charge in [-0.25, -0.2) is 0 Å². The van der Waals surface area contributed by atoms with E-state index < -0.39 is 0 Å². The van der Waals surface area contributed by atoms with E-state index in [9.17, 15) is 0 Å². The van der Waals surface area contributed by atoms with E-state index in [0.29, 0.717) is 6.10 Å². The van der Waals surface area contributed by atoms with Gasteiger partial charge >= 0.3 is 0 Å². The molecule has 0 aromatic heterocycles. The summed E-state index contributed by atoms with van der Waals surface area (Å²) in [6.45, 7) is 0. The van der Waals surface area contributed by atoms with Crippen molar-refractivity contribution in [2.75, 3.05) is 0 Å². The summed E-state index contributed by atoms with van der Waals surface area (Å²) >= 11 is 0. The van der Waals surface area contributed by atoms with Gasteiger partial charge in [-0.05, 0) is 32.7 Å². The first-order valence-electron chi connectivity index (χ1n) is 6.70. The zero-order valence-electron chi connectivity index (χ0n) is 10.3. The van der Waals surface area contributed by atoms with Gasteiger partial charge < -0.3 is 4.74 Å². The number of epoxide rings is 1. The monoisotopic (exact) mass is 244 g/mol. The van der Waals surface area contributed by atoms with Gasteiger partial charge in [0.1, 0.15) is 12.2 Å². The summed E-state index contributed by atoms with van der Waals surface area (Å²) in [5.41, 5.74) is 2.72. The summed E-state index contributed by atoms with van der Waals surface area (Å²) in [6.07, 6.45) is 5.00. The van der Waals surface area contributed by atoms with Crippen LogP contribution < -0.4 is 0 Å². The fourth-order valence-electron chi connectivity index (χ4n) is 3.38. The first-order valence-corrected chi connectivity index (χ1v) is 6.70. The van der Waals surface area contributed by atoms with E-state index in [1.807, 2.05) is 0 Å². The number of rotatable bonds is 0. The van der Waals surface area contributed by atoms with Crippen molar-refractivity contribution in [1.82, 2.24) is 0 Å². The van der Waals surface area contributed by atoms with Gasteiger partial charge in [-0.2, -0.15) is 0 Å². The fourth-order valence-corrected chi connectivity index (χ4v) is 3.38. The standard InChI is InChI=1S/C18H12O/c1-2-7-13-11(5-1)12-6-3-4-8-14(12)17-15(13)9-10-16-18(17)19-16/h1-10,16,18H/t16-,18-/m0/s1. The second kappa shape index (κ2) is 3.25. The molecular formula is C18H12O. The molecule has 1 aliphatic heterocycles. The van der Waals surface area contributed by atoms with Crippen molar-refractivity contribution in [3.8, 4) is 0 Å². The molecule has 5 rings (SSSR count). The van der Waals surface area contributed by atoms with Crippen LogP contribution in [0.5, 0.6) is 0 Å². The Kier molecular flexibility index (Phi) is 1.67. The number of fused-ring (bicyclic) bond motifs is 8. The molecule has 1 nitrogen and oxygen atoms in total. The van der Waals surface area contributed by atoms with Crippen molar-refractivity contribution in [1.29, 1.82) is 0 Å². The molecule has 3 aromatic carbocycles. The molecular weight excluding hydrogens is 232 g/mol. The van der Waals surface area contributed by atoms with Gasteiger partial charge in [0.15, 0.2) is 0 Å². The Morgan fingerprint density at radius 3 is 2.16 bits per heavy atom. The van der Waals surface area contributed by atoms with E-state index in [1.165, 1.54) is 32.7 Å². The lowest BCUT2D eigenvalue weighted by Crippen LogP contribution is -1.98. The maximum Gasteiger partial charge on any atom is 0.114 e. The molecule has 19 heavy (non-hydrogen) atoms. The minimum absolute atomic E-state index is 0.273. The van der Waals surface area contributed by atoms with Crippen LogP contribution in [0.3, 0.4) is 0 Å². The van der Waals surface area contributed by atoms with Gasteiger partial charge in [-0.15, -0.1) is 0 Å². The molecule has 0 bridgehead atoms. The van der Waals surface area contributed by atoms with Crippen LogP contribution in [0.1, 0.15) is 17.2 Å². The zero-order valence-corrected chi connectivity index (χ0v) is 10.3. The molecule has 2 atom stereocenters. The molecule has 1 fully saturated rings. The average molecular weight is 244 g/mol. The quantitative estimate of drug-likeness (QED) is 0.420. The minimum atomic E-state index is 0.273. The van der Waals surface area contributed by atoms with E-state index >= 15 is 0 Å². The molecule has 1 heteroatoms. The highest BCUT2D eigenvalue weighted by atomic mass is 16.6. The van der Waals surface area contributed by atoms with Crippen LogP contribution in [0.15, 0.2) is 54.6 Å². The van der Waals surface area contributed by atoms with E-state index in [2.05, 4.69) is 60.7 Å². The van der Waals surface area contributed by atoms with Crippen molar-refractivity contribution in [3.05, 3.63) is 65.7 Å². The van der Waals surface area contributed by atoms with Gasteiger partial charge in [-0.3, -0.25) is 0 Å². The lowest BCUT2D eigenvalue weighted by atomic mass is 9.87. The third-order valence-corrected chi connectivity index (χ3v) is 4.28. The summed E-state index contributed by atoms with van der Waals surface area (Å²) < 4.78 is 5.77. The van der Waals surface area contributed by atoms with Gasteiger partial charge in [-0.1, -0.05) is 60.7 Å². The number of ether oxygens (including phenoxy) is 1. The molecule has 1 saturated heterocycles. The maximum absolute atomic E-state index is 5.77. The summed E-state index contributed by atoms with van der Waals surface area (Å²) in [6, 6.07) is 17.3. The predicted molar refractivity (Wildman–Crippen MR) is 78.1 cm³/mol. The van der Waals surface area contributed by atoms with Crippen molar-refractivity contribution < 1.29 is 4.74 Å². The van der Waals surface area contributed by atoms with E-state index in [1.54, 1.807) is 0 Å². The molecule has 0 unspecified atom stereocenters. The molecule has 2 aliphatic rings. The molecule has 0 amide bonds. The Labute approximate surface area is 111 Å². The maximum atomic E-state index is 5.77. The second-order valence-electron chi connectivity index (χ2n) is 5.30. The topological polar surface area (TPSA) is 12.5 Å². The Bertz CT molecular complexity index is 860. The highest BCUT2D eigenvalue weighted by molar-refractivity contribution is 6.13. The molecule has 0 saturated carbocycles. The Balaban J connectivity index is 2.10.